The Kier molecular flexibility index (Phi) is 8.50. The summed E-state index contributed by atoms with van der Waals surface area (Å²) in [7, 11) is 3.20. The third kappa shape index (κ3) is 6.38. The van der Waals surface area contributed by atoms with Crippen LogP contribution in [0.1, 0.15) is 37.8 Å². The Morgan fingerprint density at radius 1 is 1.35 bits per heavy atom. The van der Waals surface area contributed by atoms with Gasteiger partial charge in [0.15, 0.2) is 0 Å². The van der Waals surface area contributed by atoms with Crippen molar-refractivity contribution in [3.63, 3.8) is 0 Å². The fourth-order valence-corrected chi connectivity index (χ4v) is 2.87. The van der Waals surface area contributed by atoms with Crippen LogP contribution in [-0.2, 0) is 9.47 Å². The Balaban J connectivity index is 1.65. The molecule has 146 valence electrons. The Hall–Kier alpha value is -1.99. The Morgan fingerprint density at radius 2 is 2.19 bits per heavy atom. The van der Waals surface area contributed by atoms with E-state index in [-0.39, 0.29) is 18.2 Å². The Morgan fingerprint density at radius 3 is 2.88 bits per heavy atom. The fourth-order valence-electron chi connectivity index (χ4n) is 2.87. The van der Waals surface area contributed by atoms with Gasteiger partial charge in [0.05, 0.1) is 33.0 Å². The molecule has 0 aliphatic carbocycles. The van der Waals surface area contributed by atoms with Crippen molar-refractivity contribution in [3.8, 4) is 11.5 Å². The van der Waals surface area contributed by atoms with Crippen molar-refractivity contribution in [1.29, 1.82) is 0 Å². The number of benzene rings is 1. The molecule has 7 nitrogen and oxygen atoms in total. The molecule has 1 aromatic rings. The molecule has 0 bridgehead atoms. The molecule has 2 amide bonds. The largest absolute Gasteiger partial charge is 0.497 e. The molecule has 2 atom stereocenters. The lowest BCUT2D eigenvalue weighted by molar-refractivity contribution is 0.0168. The standard InChI is InChI=1S/C19H30N2O5/c1-14(17-8-7-15(23-2)12-18(17)24-3)21-19(22)20-9-5-10-25-13-16-6-4-11-26-16/h7-8,12,14,16H,4-6,9-11,13H2,1-3H3,(H2,20,21,22). The highest BCUT2D eigenvalue weighted by Gasteiger charge is 2.16. The number of urea groups is 1. The lowest BCUT2D eigenvalue weighted by Crippen LogP contribution is -2.37. The van der Waals surface area contributed by atoms with Gasteiger partial charge in [-0.2, -0.15) is 0 Å². The molecule has 1 heterocycles. The summed E-state index contributed by atoms with van der Waals surface area (Å²) in [6.07, 6.45) is 3.20. The van der Waals surface area contributed by atoms with Crippen molar-refractivity contribution < 1.29 is 23.7 Å². The highest BCUT2D eigenvalue weighted by atomic mass is 16.5. The van der Waals surface area contributed by atoms with E-state index in [0.29, 0.717) is 31.3 Å². The zero-order chi connectivity index (χ0) is 18.8. The molecule has 0 radical (unpaired) electrons. The number of ether oxygens (including phenoxy) is 4. The van der Waals surface area contributed by atoms with E-state index >= 15 is 0 Å². The number of hydrogen-bond donors (Lipinski definition) is 2. The van der Waals surface area contributed by atoms with Crippen molar-refractivity contribution >= 4 is 6.03 Å². The van der Waals surface area contributed by atoms with E-state index in [0.717, 1.165) is 31.4 Å². The highest BCUT2D eigenvalue weighted by Crippen LogP contribution is 2.29. The van der Waals surface area contributed by atoms with E-state index in [1.165, 1.54) is 0 Å². The maximum atomic E-state index is 12.0. The molecule has 1 aliphatic rings. The van der Waals surface area contributed by atoms with Crippen molar-refractivity contribution in [3.05, 3.63) is 23.8 Å². The first-order valence-electron chi connectivity index (χ1n) is 9.09. The molecule has 1 fully saturated rings. The molecule has 2 N–H and O–H groups in total. The summed E-state index contributed by atoms with van der Waals surface area (Å²) >= 11 is 0. The monoisotopic (exact) mass is 366 g/mol. The quantitative estimate of drug-likeness (QED) is 0.623. The molecular formula is C19H30N2O5. The second-order valence-corrected chi connectivity index (χ2v) is 6.29. The molecule has 7 heteroatoms. The Bertz CT molecular complexity index is 561. The molecule has 1 aromatic carbocycles. The van der Waals surface area contributed by atoms with Crippen LogP contribution in [0.4, 0.5) is 4.79 Å². The fraction of sp³-hybridized carbons (Fsp3) is 0.632. The van der Waals surface area contributed by atoms with Gasteiger partial charge in [-0.05, 0) is 38.3 Å². The summed E-state index contributed by atoms with van der Waals surface area (Å²) in [6.45, 7) is 4.56. The molecule has 1 aliphatic heterocycles. The maximum absolute atomic E-state index is 12.0. The van der Waals surface area contributed by atoms with Crippen molar-refractivity contribution in [2.75, 3.05) is 40.6 Å². The first-order chi connectivity index (χ1) is 12.6. The molecule has 0 saturated carbocycles. The number of nitrogens with one attached hydrogen (secondary N) is 2. The van der Waals surface area contributed by atoms with E-state index in [1.807, 2.05) is 19.1 Å². The predicted octanol–water partition coefficient (Wildman–Crippen LogP) is 2.65. The van der Waals surface area contributed by atoms with Crippen LogP contribution >= 0.6 is 0 Å². The van der Waals surface area contributed by atoms with Crippen LogP contribution < -0.4 is 20.1 Å². The van der Waals surface area contributed by atoms with Gasteiger partial charge in [-0.15, -0.1) is 0 Å². The minimum Gasteiger partial charge on any atom is -0.497 e. The number of carbonyl (C=O) groups excluding carboxylic acids is 1. The van der Waals surface area contributed by atoms with Gasteiger partial charge >= 0.3 is 6.03 Å². The van der Waals surface area contributed by atoms with Gasteiger partial charge in [0.25, 0.3) is 0 Å². The number of amides is 2. The summed E-state index contributed by atoms with van der Waals surface area (Å²) < 4.78 is 21.6. The van der Waals surface area contributed by atoms with Gasteiger partial charge in [-0.1, -0.05) is 0 Å². The van der Waals surface area contributed by atoms with Crippen LogP contribution in [-0.4, -0.2) is 52.7 Å². The second kappa shape index (κ2) is 10.9. The van der Waals surface area contributed by atoms with E-state index in [1.54, 1.807) is 20.3 Å². The SMILES string of the molecule is COc1ccc(C(C)NC(=O)NCCCOCC2CCCO2)c(OC)c1. The van der Waals surface area contributed by atoms with Gasteiger partial charge in [-0.3, -0.25) is 0 Å². The van der Waals surface area contributed by atoms with Crippen LogP contribution in [0.15, 0.2) is 18.2 Å². The van der Waals surface area contributed by atoms with Gasteiger partial charge in [0.2, 0.25) is 0 Å². The van der Waals surface area contributed by atoms with Gasteiger partial charge in [0.1, 0.15) is 11.5 Å². The molecule has 26 heavy (non-hydrogen) atoms. The zero-order valence-corrected chi connectivity index (χ0v) is 15.9. The van der Waals surface area contributed by atoms with E-state index < -0.39 is 0 Å². The van der Waals surface area contributed by atoms with Gasteiger partial charge in [-0.25, -0.2) is 4.79 Å². The molecule has 2 unspecified atom stereocenters. The average Bonchev–Trinajstić information content (AvgIpc) is 3.17. The molecule has 2 rings (SSSR count). The van der Waals surface area contributed by atoms with Crippen LogP contribution in [0.3, 0.4) is 0 Å². The lowest BCUT2D eigenvalue weighted by atomic mass is 10.1. The summed E-state index contributed by atoms with van der Waals surface area (Å²) in [5.74, 6) is 1.39. The molecular weight excluding hydrogens is 336 g/mol. The van der Waals surface area contributed by atoms with Crippen LogP contribution in [0, 0.1) is 0 Å². The van der Waals surface area contributed by atoms with E-state index in [2.05, 4.69) is 10.6 Å². The first-order valence-corrected chi connectivity index (χ1v) is 9.09. The first kappa shape index (κ1) is 20.3. The van der Waals surface area contributed by atoms with E-state index in [9.17, 15) is 4.79 Å². The summed E-state index contributed by atoms with van der Waals surface area (Å²) in [5, 5.41) is 5.76. The number of rotatable bonds is 10. The predicted molar refractivity (Wildman–Crippen MR) is 98.9 cm³/mol. The third-order valence-corrected chi connectivity index (χ3v) is 4.33. The van der Waals surface area contributed by atoms with Crippen LogP contribution in [0.2, 0.25) is 0 Å². The molecule has 0 spiro atoms. The molecule has 1 saturated heterocycles. The normalized spacial score (nSPS) is 17.6. The van der Waals surface area contributed by atoms with Gasteiger partial charge < -0.3 is 29.6 Å². The smallest absolute Gasteiger partial charge is 0.315 e. The maximum Gasteiger partial charge on any atom is 0.315 e. The van der Waals surface area contributed by atoms with Crippen molar-refractivity contribution in [1.82, 2.24) is 10.6 Å². The molecule has 0 aromatic heterocycles. The minimum atomic E-state index is -0.213. The summed E-state index contributed by atoms with van der Waals surface area (Å²) in [4.78, 5) is 12.0. The topological polar surface area (TPSA) is 78.1 Å². The zero-order valence-electron chi connectivity index (χ0n) is 15.9. The number of hydrogen-bond acceptors (Lipinski definition) is 5. The van der Waals surface area contributed by atoms with Crippen molar-refractivity contribution in [2.24, 2.45) is 0 Å². The van der Waals surface area contributed by atoms with Crippen LogP contribution in [0.5, 0.6) is 11.5 Å². The Labute approximate surface area is 155 Å². The van der Waals surface area contributed by atoms with Crippen molar-refractivity contribution in [2.45, 2.75) is 38.3 Å². The number of methoxy groups -OCH3 is 2. The second-order valence-electron chi connectivity index (χ2n) is 6.29. The lowest BCUT2D eigenvalue weighted by Gasteiger charge is -2.18. The van der Waals surface area contributed by atoms with E-state index in [4.69, 9.17) is 18.9 Å². The van der Waals surface area contributed by atoms with Gasteiger partial charge in [0, 0.05) is 31.4 Å². The third-order valence-electron chi connectivity index (χ3n) is 4.33. The average molecular weight is 366 g/mol. The van der Waals surface area contributed by atoms with Crippen LogP contribution in [0.25, 0.3) is 0 Å². The highest BCUT2D eigenvalue weighted by molar-refractivity contribution is 5.74. The summed E-state index contributed by atoms with van der Waals surface area (Å²) in [5.41, 5.74) is 0.892. The summed E-state index contributed by atoms with van der Waals surface area (Å²) in [6, 6.07) is 5.14. The number of carbonyl (C=O) groups is 1. The minimum absolute atomic E-state index is 0.188.